The number of aromatic nitrogens is 2. The third-order valence-electron chi connectivity index (χ3n) is 6.90. The quantitative estimate of drug-likeness (QED) is 0.147. The number of carbonyl (C=O) groups excluding carboxylic acids is 1. The number of halogens is 2. The second-order valence-corrected chi connectivity index (χ2v) is 11.4. The monoisotopic (exact) mass is 607 g/mol. The normalized spacial score (nSPS) is 14.3. The molecule has 210 valence electrons. The van der Waals surface area contributed by atoms with Crippen LogP contribution in [0.5, 0.6) is 11.5 Å². The predicted molar refractivity (Wildman–Crippen MR) is 163 cm³/mol. The highest BCUT2D eigenvalue weighted by Crippen LogP contribution is 2.32. The van der Waals surface area contributed by atoms with Crippen molar-refractivity contribution in [3.8, 4) is 11.5 Å². The molecule has 1 amide bonds. The number of anilines is 2. The van der Waals surface area contributed by atoms with Crippen LogP contribution >= 0.6 is 35.0 Å². The molecule has 0 radical (unpaired) electrons. The third kappa shape index (κ3) is 6.64. The number of thioether (sulfide) groups is 1. The van der Waals surface area contributed by atoms with Crippen molar-refractivity contribution in [3.63, 3.8) is 0 Å². The standard InChI is InChI=1S/C30H27Cl2N5O3S/c31-23-6-1-2-7-24(23)36-10-12-37(13-11-36)28-16-27(32)34-30(35-28)41-18-21-4-3-5-22(14-21)29(38)33-17-20-8-9-25-26(15-20)40-19-39-25/h1-9,14-16H,10-13,17-19H2,(H,33,38). The number of carbonyl (C=O) groups is 1. The van der Waals surface area contributed by atoms with Crippen molar-refractivity contribution in [1.29, 1.82) is 0 Å². The number of rotatable bonds is 8. The zero-order valence-electron chi connectivity index (χ0n) is 22.1. The van der Waals surface area contributed by atoms with Crippen LogP contribution in [-0.4, -0.2) is 48.8 Å². The van der Waals surface area contributed by atoms with E-state index >= 15 is 0 Å². The molecule has 2 aliphatic rings. The number of ether oxygens (including phenoxy) is 2. The fourth-order valence-corrected chi connectivity index (χ4v) is 6.06. The number of benzene rings is 3. The molecule has 2 aliphatic heterocycles. The number of piperazine rings is 1. The number of fused-ring (bicyclic) bond motifs is 1. The van der Waals surface area contributed by atoms with Gasteiger partial charge in [-0.1, -0.05) is 65.3 Å². The van der Waals surface area contributed by atoms with Crippen LogP contribution in [0.1, 0.15) is 21.5 Å². The second kappa shape index (κ2) is 12.5. The largest absolute Gasteiger partial charge is 0.454 e. The van der Waals surface area contributed by atoms with Gasteiger partial charge in [0.25, 0.3) is 5.91 Å². The molecule has 3 heterocycles. The van der Waals surface area contributed by atoms with Crippen LogP contribution in [0.4, 0.5) is 11.5 Å². The summed E-state index contributed by atoms with van der Waals surface area (Å²) in [6.45, 7) is 3.87. The summed E-state index contributed by atoms with van der Waals surface area (Å²) in [5, 5.41) is 4.74. The average molecular weight is 609 g/mol. The molecule has 1 saturated heterocycles. The molecule has 1 N–H and O–H groups in total. The molecule has 0 aliphatic carbocycles. The fourth-order valence-electron chi connectivity index (χ4n) is 4.78. The fraction of sp³-hybridized carbons (Fsp3) is 0.233. The van der Waals surface area contributed by atoms with E-state index in [0.717, 1.165) is 59.6 Å². The number of amides is 1. The first kappa shape index (κ1) is 27.5. The predicted octanol–water partition coefficient (Wildman–Crippen LogP) is 6.06. The smallest absolute Gasteiger partial charge is 0.251 e. The van der Waals surface area contributed by atoms with Crippen LogP contribution in [0.3, 0.4) is 0 Å². The lowest BCUT2D eigenvalue weighted by molar-refractivity contribution is 0.0950. The molecule has 11 heteroatoms. The summed E-state index contributed by atoms with van der Waals surface area (Å²) >= 11 is 14.3. The first-order valence-electron chi connectivity index (χ1n) is 13.2. The van der Waals surface area contributed by atoms with Crippen LogP contribution < -0.4 is 24.6 Å². The first-order chi connectivity index (χ1) is 20.0. The SMILES string of the molecule is O=C(NCc1ccc2c(c1)OCO2)c1cccc(CSc2nc(Cl)cc(N3CCN(c4ccccc4Cl)CC3)n2)c1. The minimum Gasteiger partial charge on any atom is -0.454 e. The topological polar surface area (TPSA) is 79.8 Å². The maximum absolute atomic E-state index is 12.8. The molecule has 1 fully saturated rings. The van der Waals surface area contributed by atoms with Gasteiger partial charge in [-0.2, -0.15) is 0 Å². The van der Waals surface area contributed by atoms with Gasteiger partial charge in [-0.15, -0.1) is 0 Å². The van der Waals surface area contributed by atoms with Crippen molar-refractivity contribution in [2.24, 2.45) is 0 Å². The molecule has 1 aromatic heterocycles. The van der Waals surface area contributed by atoms with Crippen molar-refractivity contribution in [2.45, 2.75) is 17.5 Å². The van der Waals surface area contributed by atoms with Crippen molar-refractivity contribution in [1.82, 2.24) is 15.3 Å². The lowest BCUT2D eigenvalue weighted by atomic mass is 10.1. The molecule has 6 rings (SSSR count). The van der Waals surface area contributed by atoms with E-state index in [0.29, 0.717) is 33.9 Å². The highest BCUT2D eigenvalue weighted by Gasteiger charge is 2.21. The lowest BCUT2D eigenvalue weighted by Crippen LogP contribution is -2.47. The van der Waals surface area contributed by atoms with Gasteiger partial charge in [-0.05, 0) is 47.5 Å². The number of para-hydroxylation sites is 1. The average Bonchev–Trinajstić information content (AvgIpc) is 3.47. The minimum absolute atomic E-state index is 0.147. The Morgan fingerprint density at radius 3 is 2.51 bits per heavy atom. The van der Waals surface area contributed by atoms with Gasteiger partial charge in [0.2, 0.25) is 6.79 Å². The Hall–Kier alpha value is -3.66. The molecular weight excluding hydrogens is 581 g/mol. The molecule has 0 atom stereocenters. The molecule has 0 unspecified atom stereocenters. The van der Waals surface area contributed by atoms with Crippen LogP contribution in [0.15, 0.2) is 78.0 Å². The van der Waals surface area contributed by atoms with E-state index in [9.17, 15) is 4.79 Å². The Kier molecular flexibility index (Phi) is 8.36. The summed E-state index contributed by atoms with van der Waals surface area (Å²) in [7, 11) is 0. The van der Waals surface area contributed by atoms with E-state index in [1.165, 1.54) is 11.8 Å². The van der Waals surface area contributed by atoms with Gasteiger partial charge < -0.3 is 24.6 Å². The summed E-state index contributed by atoms with van der Waals surface area (Å²) in [6, 6.07) is 22.9. The Labute approximate surface area is 252 Å². The van der Waals surface area contributed by atoms with Crippen LogP contribution in [0.2, 0.25) is 10.2 Å². The molecule has 0 bridgehead atoms. The van der Waals surface area contributed by atoms with E-state index in [1.807, 2.05) is 66.7 Å². The molecule has 4 aromatic rings. The Bertz CT molecular complexity index is 1570. The van der Waals surface area contributed by atoms with Crippen LogP contribution in [0, 0.1) is 0 Å². The lowest BCUT2D eigenvalue weighted by Gasteiger charge is -2.37. The third-order valence-corrected chi connectivity index (χ3v) is 8.34. The maximum atomic E-state index is 12.8. The van der Waals surface area contributed by atoms with E-state index in [2.05, 4.69) is 20.1 Å². The van der Waals surface area contributed by atoms with E-state index in [4.69, 9.17) is 37.7 Å². The summed E-state index contributed by atoms with van der Waals surface area (Å²) in [5.41, 5.74) is 3.57. The summed E-state index contributed by atoms with van der Waals surface area (Å²) in [4.78, 5) is 26.6. The number of nitrogens with one attached hydrogen (secondary N) is 1. The Morgan fingerprint density at radius 2 is 1.66 bits per heavy atom. The van der Waals surface area contributed by atoms with Crippen LogP contribution in [0.25, 0.3) is 0 Å². The number of hydrogen-bond acceptors (Lipinski definition) is 8. The second-order valence-electron chi connectivity index (χ2n) is 9.62. The Morgan fingerprint density at radius 1 is 0.854 bits per heavy atom. The van der Waals surface area contributed by atoms with Crippen molar-refractivity contribution in [3.05, 3.63) is 99.7 Å². The van der Waals surface area contributed by atoms with Gasteiger partial charge in [0.1, 0.15) is 11.0 Å². The van der Waals surface area contributed by atoms with Gasteiger partial charge in [0, 0.05) is 50.1 Å². The van der Waals surface area contributed by atoms with Crippen molar-refractivity contribution >= 4 is 52.4 Å². The molecule has 0 spiro atoms. The number of hydrogen-bond donors (Lipinski definition) is 1. The van der Waals surface area contributed by atoms with Gasteiger partial charge in [0.15, 0.2) is 16.7 Å². The zero-order valence-corrected chi connectivity index (χ0v) is 24.4. The van der Waals surface area contributed by atoms with E-state index in [1.54, 1.807) is 6.07 Å². The van der Waals surface area contributed by atoms with Gasteiger partial charge in [0.05, 0.1) is 10.7 Å². The summed E-state index contributed by atoms with van der Waals surface area (Å²) < 4.78 is 10.8. The highest BCUT2D eigenvalue weighted by molar-refractivity contribution is 7.98. The highest BCUT2D eigenvalue weighted by atomic mass is 35.5. The van der Waals surface area contributed by atoms with Gasteiger partial charge in [-0.25, -0.2) is 9.97 Å². The zero-order chi connectivity index (χ0) is 28.2. The molecule has 3 aromatic carbocycles. The van der Waals surface area contributed by atoms with E-state index < -0.39 is 0 Å². The van der Waals surface area contributed by atoms with Gasteiger partial charge in [-0.3, -0.25) is 4.79 Å². The number of nitrogens with zero attached hydrogens (tertiary/aromatic N) is 4. The summed E-state index contributed by atoms with van der Waals surface area (Å²) in [6.07, 6.45) is 0. The van der Waals surface area contributed by atoms with E-state index in [-0.39, 0.29) is 12.7 Å². The Balaban J connectivity index is 1.05. The minimum atomic E-state index is -0.147. The summed E-state index contributed by atoms with van der Waals surface area (Å²) in [5.74, 6) is 2.68. The van der Waals surface area contributed by atoms with Crippen LogP contribution in [-0.2, 0) is 12.3 Å². The molecule has 8 nitrogen and oxygen atoms in total. The maximum Gasteiger partial charge on any atom is 0.251 e. The van der Waals surface area contributed by atoms with Crippen molar-refractivity contribution < 1.29 is 14.3 Å². The molecular formula is C30H27Cl2N5O3S. The first-order valence-corrected chi connectivity index (χ1v) is 14.9. The van der Waals surface area contributed by atoms with Crippen molar-refractivity contribution in [2.75, 3.05) is 42.8 Å². The molecule has 0 saturated carbocycles. The molecule has 41 heavy (non-hydrogen) atoms. The van der Waals surface area contributed by atoms with Gasteiger partial charge >= 0.3 is 0 Å².